The zero-order valence-electron chi connectivity index (χ0n) is 7.93. The van der Waals surface area contributed by atoms with Crippen molar-refractivity contribution >= 4 is 11.6 Å². The van der Waals surface area contributed by atoms with E-state index >= 15 is 0 Å². The van der Waals surface area contributed by atoms with Crippen LogP contribution in [0.15, 0.2) is 0 Å². The molecule has 11 heavy (non-hydrogen) atoms. The summed E-state index contributed by atoms with van der Waals surface area (Å²) in [6, 6.07) is 0. The zero-order chi connectivity index (χ0) is 8.91. The maximum atomic E-state index is 5.87. The lowest BCUT2D eigenvalue weighted by molar-refractivity contribution is -1.09. The lowest BCUT2D eigenvalue weighted by Crippen LogP contribution is -2.45. The number of hydrogen-bond donors (Lipinski definition) is 0. The second-order valence-corrected chi connectivity index (χ2v) is 3.34. The molecule has 0 amide bonds. The molecule has 1 unspecified atom stereocenters. The topological polar surface area (TPSA) is 9.23 Å². The molecule has 0 spiro atoms. The molecule has 3 heteroatoms. The summed E-state index contributed by atoms with van der Waals surface area (Å²) in [6.07, 6.45) is 0.857. The standard InChI is InChI=1S/C8H19ClNO/c1-5-8(9)11-10(4,6-2)7-3/h8H,5-7H2,1-4H3/q+1. The number of hydroxylamine groups is 3. The number of halogens is 1. The molecule has 0 rings (SSSR count). The third kappa shape index (κ3) is 3.94. The van der Waals surface area contributed by atoms with Crippen LogP contribution in [0.2, 0.25) is 0 Å². The molecule has 0 heterocycles. The van der Waals surface area contributed by atoms with Gasteiger partial charge in [-0.05, 0) is 20.3 Å². The van der Waals surface area contributed by atoms with Gasteiger partial charge in [-0.25, -0.2) is 0 Å². The Kier molecular flexibility index (Phi) is 5.06. The lowest BCUT2D eigenvalue weighted by atomic mass is 10.5. The Balaban J connectivity index is 3.86. The van der Waals surface area contributed by atoms with E-state index in [2.05, 4.69) is 13.8 Å². The van der Waals surface area contributed by atoms with Crippen molar-refractivity contribution in [2.24, 2.45) is 0 Å². The van der Waals surface area contributed by atoms with Crippen LogP contribution in [0.1, 0.15) is 27.2 Å². The molecule has 0 radical (unpaired) electrons. The van der Waals surface area contributed by atoms with Gasteiger partial charge in [0.2, 0.25) is 0 Å². The van der Waals surface area contributed by atoms with Gasteiger partial charge in [0.15, 0.2) is 5.56 Å². The highest BCUT2D eigenvalue weighted by Gasteiger charge is 2.22. The highest BCUT2D eigenvalue weighted by atomic mass is 35.5. The molecular weight excluding hydrogens is 162 g/mol. The van der Waals surface area contributed by atoms with Crippen LogP contribution in [-0.2, 0) is 4.84 Å². The average molecular weight is 181 g/mol. The highest BCUT2D eigenvalue weighted by Crippen LogP contribution is 2.12. The molecule has 0 saturated heterocycles. The Morgan fingerprint density at radius 2 is 1.73 bits per heavy atom. The van der Waals surface area contributed by atoms with Crippen molar-refractivity contribution < 1.29 is 9.48 Å². The van der Waals surface area contributed by atoms with Gasteiger partial charge in [0.1, 0.15) is 13.1 Å². The Bertz CT molecular complexity index is 104. The molecule has 2 nitrogen and oxygen atoms in total. The van der Waals surface area contributed by atoms with Crippen molar-refractivity contribution in [3.63, 3.8) is 0 Å². The molecule has 0 fully saturated rings. The third-order valence-corrected chi connectivity index (χ3v) is 2.42. The first kappa shape index (κ1) is 11.2. The SMILES string of the molecule is CCC(Cl)O[N+](C)(CC)CC. The predicted octanol–water partition coefficient (Wildman–Crippen LogP) is 2.38. The van der Waals surface area contributed by atoms with Crippen LogP contribution in [-0.4, -0.2) is 30.3 Å². The smallest absolute Gasteiger partial charge is 0.184 e. The molecule has 0 aliphatic heterocycles. The van der Waals surface area contributed by atoms with E-state index in [-0.39, 0.29) is 5.56 Å². The predicted molar refractivity (Wildman–Crippen MR) is 48.3 cm³/mol. The fourth-order valence-electron chi connectivity index (χ4n) is 0.723. The number of rotatable bonds is 5. The van der Waals surface area contributed by atoms with Crippen LogP contribution < -0.4 is 0 Å². The molecule has 0 aliphatic carbocycles. The largest absolute Gasteiger partial charge is 0.189 e. The van der Waals surface area contributed by atoms with Gasteiger partial charge in [-0.2, -0.15) is 9.48 Å². The molecule has 0 aromatic rings. The maximum Gasteiger partial charge on any atom is 0.189 e. The average Bonchev–Trinajstić information content (AvgIpc) is 2.04. The van der Waals surface area contributed by atoms with E-state index in [4.69, 9.17) is 16.4 Å². The summed E-state index contributed by atoms with van der Waals surface area (Å²) in [6.45, 7) is 8.14. The van der Waals surface area contributed by atoms with Crippen molar-refractivity contribution in [3.8, 4) is 0 Å². The first-order valence-electron chi connectivity index (χ1n) is 4.25. The molecule has 0 aliphatic rings. The zero-order valence-corrected chi connectivity index (χ0v) is 8.69. The Hall–Kier alpha value is 0.210. The van der Waals surface area contributed by atoms with Gasteiger partial charge >= 0.3 is 0 Å². The van der Waals surface area contributed by atoms with Crippen molar-refractivity contribution in [2.75, 3.05) is 20.1 Å². The van der Waals surface area contributed by atoms with E-state index in [1.807, 2.05) is 14.0 Å². The second kappa shape index (κ2) is 4.96. The van der Waals surface area contributed by atoms with Gasteiger partial charge in [-0.15, -0.1) is 0 Å². The maximum absolute atomic E-state index is 5.87. The molecule has 0 saturated carbocycles. The number of hydrogen-bond acceptors (Lipinski definition) is 1. The van der Waals surface area contributed by atoms with Crippen LogP contribution in [0.3, 0.4) is 0 Å². The summed E-state index contributed by atoms with van der Waals surface area (Å²) in [4.78, 5) is 5.59. The van der Waals surface area contributed by atoms with Crippen molar-refractivity contribution in [3.05, 3.63) is 0 Å². The van der Waals surface area contributed by atoms with E-state index in [0.29, 0.717) is 4.65 Å². The van der Waals surface area contributed by atoms with Crippen molar-refractivity contribution in [1.82, 2.24) is 0 Å². The number of alkyl halides is 1. The number of nitrogens with zero attached hydrogens (tertiary/aromatic N) is 1. The van der Waals surface area contributed by atoms with Gasteiger partial charge in [-0.3, -0.25) is 0 Å². The monoisotopic (exact) mass is 180 g/mol. The van der Waals surface area contributed by atoms with E-state index in [9.17, 15) is 0 Å². The molecule has 1 atom stereocenters. The first-order valence-corrected chi connectivity index (χ1v) is 4.68. The quantitative estimate of drug-likeness (QED) is 0.359. The van der Waals surface area contributed by atoms with E-state index in [1.165, 1.54) is 0 Å². The molecular formula is C8H19ClNO+. The lowest BCUT2D eigenvalue weighted by Gasteiger charge is -2.30. The second-order valence-electron chi connectivity index (χ2n) is 2.85. The summed E-state index contributed by atoms with van der Waals surface area (Å²) < 4.78 is 0.599. The van der Waals surface area contributed by atoms with Gasteiger partial charge in [0.05, 0.1) is 7.05 Å². The Morgan fingerprint density at radius 3 is 2.00 bits per heavy atom. The van der Waals surface area contributed by atoms with Crippen LogP contribution in [0.5, 0.6) is 0 Å². The summed E-state index contributed by atoms with van der Waals surface area (Å²) in [5, 5.41) is 0. The summed E-state index contributed by atoms with van der Waals surface area (Å²) in [5.74, 6) is 0. The van der Waals surface area contributed by atoms with E-state index < -0.39 is 0 Å². The number of quaternary nitrogens is 1. The molecule has 0 N–H and O–H groups in total. The third-order valence-electron chi connectivity index (χ3n) is 2.03. The summed E-state index contributed by atoms with van der Waals surface area (Å²) >= 11 is 5.87. The fraction of sp³-hybridized carbons (Fsp3) is 1.00. The van der Waals surface area contributed by atoms with Gasteiger partial charge in [0, 0.05) is 0 Å². The van der Waals surface area contributed by atoms with Gasteiger partial charge in [-0.1, -0.05) is 18.5 Å². The van der Waals surface area contributed by atoms with Crippen LogP contribution >= 0.6 is 11.6 Å². The highest BCUT2D eigenvalue weighted by molar-refractivity contribution is 6.19. The minimum Gasteiger partial charge on any atom is -0.184 e. The summed E-state index contributed by atoms with van der Waals surface area (Å²) in [7, 11) is 2.05. The molecule has 68 valence electrons. The first-order chi connectivity index (χ1) is 5.08. The van der Waals surface area contributed by atoms with Crippen LogP contribution in [0, 0.1) is 0 Å². The Labute approximate surface area is 74.6 Å². The van der Waals surface area contributed by atoms with Gasteiger partial charge < -0.3 is 0 Å². The molecule has 0 aromatic heterocycles. The Morgan fingerprint density at radius 1 is 1.27 bits per heavy atom. The van der Waals surface area contributed by atoms with Crippen molar-refractivity contribution in [2.45, 2.75) is 32.8 Å². The van der Waals surface area contributed by atoms with Crippen molar-refractivity contribution in [1.29, 1.82) is 0 Å². The van der Waals surface area contributed by atoms with E-state index in [1.54, 1.807) is 0 Å². The molecule has 0 aromatic carbocycles. The normalized spacial score (nSPS) is 15.0. The van der Waals surface area contributed by atoms with E-state index in [0.717, 1.165) is 19.5 Å². The van der Waals surface area contributed by atoms with Gasteiger partial charge in [0.25, 0.3) is 0 Å². The van der Waals surface area contributed by atoms with Crippen LogP contribution in [0.25, 0.3) is 0 Å². The molecule has 0 bridgehead atoms. The van der Waals surface area contributed by atoms with Crippen LogP contribution in [0.4, 0.5) is 0 Å². The summed E-state index contributed by atoms with van der Waals surface area (Å²) in [5.41, 5.74) is -0.153. The minimum absolute atomic E-state index is 0.153. The minimum atomic E-state index is -0.153. The fourth-order valence-corrected chi connectivity index (χ4v) is 0.916.